The highest BCUT2D eigenvalue weighted by Gasteiger charge is 2.23. The van der Waals surface area contributed by atoms with Gasteiger partial charge in [-0.05, 0) is 79.5 Å². The summed E-state index contributed by atoms with van der Waals surface area (Å²) in [6.45, 7) is 6.67. The lowest BCUT2D eigenvalue weighted by Crippen LogP contribution is -2.14. The zero-order chi connectivity index (χ0) is 23.9. The van der Waals surface area contributed by atoms with Crippen LogP contribution in [0, 0.1) is 19.8 Å². The Morgan fingerprint density at radius 3 is 2.49 bits per heavy atom. The lowest BCUT2D eigenvalue weighted by Gasteiger charge is -2.28. The Kier molecular flexibility index (Phi) is 5.64. The summed E-state index contributed by atoms with van der Waals surface area (Å²) in [6.07, 6.45) is 8.76. The number of benzene rings is 2. The van der Waals surface area contributed by atoms with E-state index in [0.717, 1.165) is 50.4 Å². The van der Waals surface area contributed by atoms with E-state index in [9.17, 15) is 0 Å². The molecular formula is C32H32N2O. The zero-order valence-electron chi connectivity index (χ0n) is 20.8. The molecule has 0 amide bonds. The molecule has 5 aromatic rings. The van der Waals surface area contributed by atoms with E-state index < -0.39 is 0 Å². The number of rotatable bonds is 4. The van der Waals surface area contributed by atoms with E-state index in [2.05, 4.69) is 75.4 Å². The van der Waals surface area contributed by atoms with Crippen molar-refractivity contribution in [3.05, 3.63) is 83.6 Å². The van der Waals surface area contributed by atoms with Crippen molar-refractivity contribution >= 4 is 22.1 Å². The van der Waals surface area contributed by atoms with Gasteiger partial charge in [-0.25, -0.2) is 4.98 Å². The monoisotopic (exact) mass is 460 g/mol. The number of hydrogen-bond acceptors (Lipinski definition) is 3. The molecule has 0 saturated heterocycles. The van der Waals surface area contributed by atoms with Crippen LogP contribution < -0.4 is 0 Å². The number of furan rings is 1. The Balaban J connectivity index is 1.48. The average molecular weight is 461 g/mol. The molecule has 0 radical (unpaired) electrons. The SMILES string of the molecule is Cc1cc2c(nc1-c1ccccc1)oc1c(-c3cc(C(C)C4CCCCC4)ccn3)ccc(C)c12. The second-order valence-electron chi connectivity index (χ2n) is 10.3. The van der Waals surface area contributed by atoms with Crippen molar-refractivity contribution in [2.45, 2.75) is 58.8 Å². The number of aryl methyl sites for hydroxylation is 2. The van der Waals surface area contributed by atoms with Crippen LogP contribution in [0.2, 0.25) is 0 Å². The topological polar surface area (TPSA) is 38.9 Å². The van der Waals surface area contributed by atoms with Gasteiger partial charge in [-0.2, -0.15) is 0 Å². The van der Waals surface area contributed by atoms with E-state index >= 15 is 0 Å². The first kappa shape index (κ1) is 22.0. The van der Waals surface area contributed by atoms with Crippen LogP contribution in [0.25, 0.3) is 44.6 Å². The normalized spacial score (nSPS) is 15.6. The van der Waals surface area contributed by atoms with Gasteiger partial charge in [-0.3, -0.25) is 4.98 Å². The summed E-state index contributed by atoms with van der Waals surface area (Å²) in [5.41, 5.74) is 9.40. The number of aromatic nitrogens is 2. The van der Waals surface area contributed by atoms with Crippen molar-refractivity contribution in [3.8, 4) is 22.5 Å². The molecule has 35 heavy (non-hydrogen) atoms. The lowest BCUT2D eigenvalue weighted by atomic mass is 9.78. The smallest absolute Gasteiger partial charge is 0.227 e. The molecular weight excluding hydrogens is 428 g/mol. The van der Waals surface area contributed by atoms with Crippen molar-refractivity contribution in [3.63, 3.8) is 0 Å². The van der Waals surface area contributed by atoms with E-state index in [-0.39, 0.29) is 0 Å². The van der Waals surface area contributed by atoms with E-state index in [4.69, 9.17) is 14.4 Å². The molecule has 3 heteroatoms. The van der Waals surface area contributed by atoms with Crippen LogP contribution in [0.15, 0.2) is 71.3 Å². The summed E-state index contributed by atoms with van der Waals surface area (Å²) < 4.78 is 6.50. The summed E-state index contributed by atoms with van der Waals surface area (Å²) in [5, 5.41) is 2.21. The zero-order valence-corrected chi connectivity index (χ0v) is 20.8. The minimum atomic E-state index is 0.548. The average Bonchev–Trinajstić information content (AvgIpc) is 3.28. The molecule has 0 N–H and O–H groups in total. The number of pyridine rings is 2. The first-order valence-electron chi connectivity index (χ1n) is 13.0. The van der Waals surface area contributed by atoms with Gasteiger partial charge in [0, 0.05) is 28.1 Å². The molecule has 176 valence electrons. The minimum absolute atomic E-state index is 0.548. The van der Waals surface area contributed by atoms with Crippen LogP contribution >= 0.6 is 0 Å². The van der Waals surface area contributed by atoms with Crippen molar-refractivity contribution in [2.75, 3.05) is 0 Å². The third-order valence-electron chi connectivity index (χ3n) is 8.00. The Labute approximate surface area is 207 Å². The third kappa shape index (κ3) is 3.93. The van der Waals surface area contributed by atoms with Crippen LogP contribution in [0.4, 0.5) is 0 Å². The second-order valence-corrected chi connectivity index (χ2v) is 10.3. The maximum atomic E-state index is 6.50. The molecule has 2 aromatic carbocycles. The van der Waals surface area contributed by atoms with Gasteiger partial charge in [0.05, 0.1) is 11.4 Å². The number of nitrogens with zero attached hydrogens (tertiary/aromatic N) is 2. The molecule has 0 spiro atoms. The van der Waals surface area contributed by atoms with Gasteiger partial charge in [0.25, 0.3) is 0 Å². The van der Waals surface area contributed by atoms with Gasteiger partial charge in [-0.15, -0.1) is 0 Å². The molecule has 0 bridgehead atoms. The second kappa shape index (κ2) is 8.96. The quantitative estimate of drug-likeness (QED) is 0.268. The van der Waals surface area contributed by atoms with Gasteiger partial charge in [-0.1, -0.05) is 62.6 Å². The summed E-state index contributed by atoms with van der Waals surface area (Å²) >= 11 is 0. The van der Waals surface area contributed by atoms with Gasteiger partial charge >= 0.3 is 0 Å². The summed E-state index contributed by atoms with van der Waals surface area (Å²) in [5.74, 6) is 1.32. The maximum absolute atomic E-state index is 6.50. The Morgan fingerprint density at radius 1 is 0.886 bits per heavy atom. The lowest BCUT2D eigenvalue weighted by molar-refractivity contribution is 0.316. The molecule has 0 aliphatic heterocycles. The number of hydrogen-bond donors (Lipinski definition) is 0. The van der Waals surface area contributed by atoms with E-state index in [1.807, 2.05) is 12.3 Å². The van der Waals surface area contributed by atoms with Crippen molar-refractivity contribution in [2.24, 2.45) is 5.92 Å². The van der Waals surface area contributed by atoms with E-state index in [0.29, 0.717) is 11.6 Å². The third-order valence-corrected chi connectivity index (χ3v) is 8.00. The molecule has 1 fully saturated rings. The van der Waals surface area contributed by atoms with Crippen LogP contribution in [-0.4, -0.2) is 9.97 Å². The summed E-state index contributed by atoms with van der Waals surface area (Å²) in [7, 11) is 0. The predicted octanol–water partition coefficient (Wildman–Crippen LogP) is 9.01. The van der Waals surface area contributed by atoms with Gasteiger partial charge < -0.3 is 4.42 Å². The summed E-state index contributed by atoms with van der Waals surface area (Å²) in [6, 6.07) is 21.4. The Bertz CT molecular complexity index is 1510. The molecule has 1 aliphatic carbocycles. The summed E-state index contributed by atoms with van der Waals surface area (Å²) in [4.78, 5) is 9.77. The molecule has 3 heterocycles. The van der Waals surface area contributed by atoms with Crippen molar-refractivity contribution in [1.29, 1.82) is 0 Å². The minimum Gasteiger partial charge on any atom is -0.437 e. The number of fused-ring (bicyclic) bond motifs is 3. The fraction of sp³-hybridized carbons (Fsp3) is 0.312. The van der Waals surface area contributed by atoms with Crippen LogP contribution in [0.1, 0.15) is 61.6 Å². The largest absolute Gasteiger partial charge is 0.437 e. The maximum Gasteiger partial charge on any atom is 0.227 e. The Hall–Kier alpha value is -3.46. The molecule has 1 aliphatic rings. The van der Waals surface area contributed by atoms with Crippen LogP contribution in [0.5, 0.6) is 0 Å². The van der Waals surface area contributed by atoms with Gasteiger partial charge in [0.15, 0.2) is 0 Å². The fourth-order valence-corrected chi connectivity index (χ4v) is 5.95. The highest BCUT2D eigenvalue weighted by Crippen LogP contribution is 2.40. The molecule has 6 rings (SSSR count). The molecule has 1 saturated carbocycles. The van der Waals surface area contributed by atoms with Crippen LogP contribution in [-0.2, 0) is 0 Å². The van der Waals surface area contributed by atoms with E-state index in [1.54, 1.807) is 0 Å². The molecule has 1 atom stereocenters. The van der Waals surface area contributed by atoms with Crippen molar-refractivity contribution in [1.82, 2.24) is 9.97 Å². The molecule has 1 unspecified atom stereocenters. The highest BCUT2D eigenvalue weighted by atomic mass is 16.3. The van der Waals surface area contributed by atoms with Gasteiger partial charge in [0.1, 0.15) is 5.58 Å². The highest BCUT2D eigenvalue weighted by molar-refractivity contribution is 6.10. The first-order valence-corrected chi connectivity index (χ1v) is 13.0. The van der Waals surface area contributed by atoms with Crippen molar-refractivity contribution < 1.29 is 4.42 Å². The Morgan fingerprint density at radius 2 is 1.69 bits per heavy atom. The molecule has 3 nitrogen and oxygen atoms in total. The predicted molar refractivity (Wildman–Crippen MR) is 145 cm³/mol. The molecule has 3 aromatic heterocycles. The van der Waals surface area contributed by atoms with E-state index in [1.165, 1.54) is 43.2 Å². The first-order chi connectivity index (χ1) is 17.1. The standard InChI is InChI=1S/C32H32N2O/c1-20-14-15-26(28-19-25(16-17-33-28)22(3)23-10-6-4-7-11-23)31-29(20)27-18-21(2)30(34-32(27)35-31)24-12-8-5-9-13-24/h5,8-9,12-19,22-23H,4,6-7,10-11H2,1-3H3. The van der Waals surface area contributed by atoms with Gasteiger partial charge in [0.2, 0.25) is 5.71 Å². The van der Waals surface area contributed by atoms with Crippen LogP contribution in [0.3, 0.4) is 0 Å². The fourth-order valence-electron chi connectivity index (χ4n) is 5.95.